The highest BCUT2D eigenvalue weighted by Crippen LogP contribution is 2.39. The van der Waals surface area contributed by atoms with Gasteiger partial charge < -0.3 is 15.0 Å². The van der Waals surface area contributed by atoms with Gasteiger partial charge in [-0.05, 0) is 43.9 Å². The number of carbonyl (C=O) groups excluding carboxylic acids is 1. The number of hydrogen-bond acceptors (Lipinski definition) is 4. The van der Waals surface area contributed by atoms with Gasteiger partial charge in [0.2, 0.25) is 0 Å². The number of ether oxygens (including phenoxy) is 1. The number of likely N-dealkylation sites (tertiary alicyclic amines) is 1. The fraction of sp³-hybridized carbons (Fsp3) is 0.478. The van der Waals surface area contributed by atoms with Crippen molar-refractivity contribution in [2.75, 3.05) is 25.1 Å². The van der Waals surface area contributed by atoms with Crippen LogP contribution in [0.15, 0.2) is 41.7 Å². The molecule has 0 saturated carbocycles. The SMILES string of the molecule is CCCCOC[C@@H]1CCCN1C(=O)C1=C(C)Nc2ccnn2C1c1ccc(Cl)c(Cl)c1. The smallest absolute Gasteiger partial charge is 0.254 e. The standard InChI is InChI=1S/C23H28Cl2N4O2/c1-3-4-12-31-14-17-6-5-11-28(17)23(30)21-15(2)27-20-9-10-26-29(20)22(21)16-7-8-18(24)19(25)13-16/h7-10,13,17,22,27H,3-6,11-12,14H2,1-2H3/t17-,22?/m0/s1. The summed E-state index contributed by atoms with van der Waals surface area (Å²) in [5, 5.41) is 8.78. The Morgan fingerprint density at radius 2 is 2.13 bits per heavy atom. The van der Waals surface area contributed by atoms with Crippen molar-refractivity contribution in [3.05, 3.63) is 57.3 Å². The molecule has 1 aromatic heterocycles. The summed E-state index contributed by atoms with van der Waals surface area (Å²) in [6.45, 7) is 6.14. The van der Waals surface area contributed by atoms with E-state index in [9.17, 15) is 4.79 Å². The molecular weight excluding hydrogens is 435 g/mol. The number of aromatic nitrogens is 2. The summed E-state index contributed by atoms with van der Waals surface area (Å²) in [4.78, 5) is 15.8. The number of hydrogen-bond donors (Lipinski definition) is 1. The van der Waals surface area contributed by atoms with Gasteiger partial charge in [0.05, 0.1) is 34.5 Å². The molecule has 1 amide bonds. The molecule has 2 aliphatic heterocycles. The molecule has 4 rings (SSSR count). The summed E-state index contributed by atoms with van der Waals surface area (Å²) in [6, 6.07) is 7.11. The van der Waals surface area contributed by atoms with Crippen molar-refractivity contribution in [1.29, 1.82) is 0 Å². The number of unbranched alkanes of at least 4 members (excludes halogenated alkanes) is 1. The molecule has 6 nitrogen and oxygen atoms in total. The van der Waals surface area contributed by atoms with Gasteiger partial charge >= 0.3 is 0 Å². The van der Waals surface area contributed by atoms with Crippen LogP contribution >= 0.6 is 23.2 Å². The Labute approximate surface area is 193 Å². The number of fused-ring (bicyclic) bond motifs is 1. The van der Waals surface area contributed by atoms with Crippen molar-refractivity contribution in [3.8, 4) is 0 Å². The van der Waals surface area contributed by atoms with Crippen LogP contribution in [0.1, 0.15) is 51.1 Å². The number of amides is 1. The lowest BCUT2D eigenvalue weighted by Gasteiger charge is -2.33. The van der Waals surface area contributed by atoms with Crippen LogP contribution in [0, 0.1) is 0 Å². The van der Waals surface area contributed by atoms with Crippen molar-refractivity contribution in [2.24, 2.45) is 0 Å². The number of rotatable bonds is 7. The topological polar surface area (TPSA) is 59.4 Å². The van der Waals surface area contributed by atoms with Crippen LogP contribution in [0.3, 0.4) is 0 Å². The zero-order chi connectivity index (χ0) is 22.0. The first-order valence-electron chi connectivity index (χ1n) is 10.9. The Morgan fingerprint density at radius 3 is 2.90 bits per heavy atom. The largest absolute Gasteiger partial charge is 0.379 e. The molecule has 0 radical (unpaired) electrons. The number of anilines is 1. The molecule has 1 N–H and O–H groups in total. The van der Waals surface area contributed by atoms with E-state index in [-0.39, 0.29) is 18.0 Å². The van der Waals surface area contributed by atoms with Gasteiger partial charge in [-0.1, -0.05) is 42.6 Å². The third-order valence-electron chi connectivity index (χ3n) is 5.99. The molecule has 0 spiro atoms. The second-order valence-corrected chi connectivity index (χ2v) is 8.94. The Bertz CT molecular complexity index is 988. The molecular formula is C23H28Cl2N4O2. The van der Waals surface area contributed by atoms with E-state index >= 15 is 0 Å². The first kappa shape index (κ1) is 22.2. The molecule has 2 aliphatic rings. The molecule has 31 heavy (non-hydrogen) atoms. The number of nitrogens with one attached hydrogen (secondary N) is 1. The molecule has 1 saturated heterocycles. The van der Waals surface area contributed by atoms with Gasteiger partial charge in [0.15, 0.2) is 0 Å². The Hall–Kier alpha value is -2.02. The van der Waals surface area contributed by atoms with Gasteiger partial charge in [0.25, 0.3) is 5.91 Å². The maximum Gasteiger partial charge on any atom is 0.254 e. The number of carbonyl (C=O) groups is 1. The zero-order valence-corrected chi connectivity index (χ0v) is 19.4. The first-order valence-corrected chi connectivity index (χ1v) is 11.6. The fourth-order valence-electron chi connectivity index (χ4n) is 4.37. The maximum absolute atomic E-state index is 13.8. The Kier molecular flexibility index (Phi) is 6.89. The predicted octanol–water partition coefficient (Wildman–Crippen LogP) is 5.29. The van der Waals surface area contributed by atoms with Crippen LogP contribution in [0.2, 0.25) is 10.0 Å². The van der Waals surface area contributed by atoms with Crippen LogP contribution in [0.25, 0.3) is 0 Å². The highest BCUT2D eigenvalue weighted by Gasteiger charge is 2.38. The summed E-state index contributed by atoms with van der Waals surface area (Å²) in [6.07, 6.45) is 5.81. The van der Waals surface area contributed by atoms with Crippen LogP contribution in [-0.2, 0) is 9.53 Å². The number of benzene rings is 1. The zero-order valence-electron chi connectivity index (χ0n) is 17.9. The van der Waals surface area contributed by atoms with Gasteiger partial charge in [-0.25, -0.2) is 4.68 Å². The molecule has 2 atom stereocenters. The lowest BCUT2D eigenvalue weighted by molar-refractivity contribution is -0.129. The van der Waals surface area contributed by atoms with Crippen molar-refractivity contribution in [2.45, 2.75) is 51.6 Å². The quantitative estimate of drug-likeness (QED) is 0.568. The fourth-order valence-corrected chi connectivity index (χ4v) is 4.68. The number of allylic oxidation sites excluding steroid dienone is 1. The highest BCUT2D eigenvalue weighted by molar-refractivity contribution is 6.42. The van der Waals surface area contributed by atoms with E-state index in [4.69, 9.17) is 27.9 Å². The highest BCUT2D eigenvalue weighted by atomic mass is 35.5. The molecule has 166 valence electrons. The minimum Gasteiger partial charge on any atom is -0.379 e. The van der Waals surface area contributed by atoms with E-state index in [0.717, 1.165) is 55.9 Å². The van der Waals surface area contributed by atoms with Gasteiger partial charge in [0.1, 0.15) is 11.9 Å². The summed E-state index contributed by atoms with van der Waals surface area (Å²) < 4.78 is 7.70. The van der Waals surface area contributed by atoms with E-state index in [0.29, 0.717) is 22.2 Å². The second-order valence-electron chi connectivity index (χ2n) is 8.12. The van der Waals surface area contributed by atoms with Crippen molar-refractivity contribution >= 4 is 34.9 Å². The van der Waals surface area contributed by atoms with Crippen molar-refractivity contribution in [1.82, 2.24) is 14.7 Å². The Morgan fingerprint density at radius 1 is 1.29 bits per heavy atom. The molecule has 8 heteroatoms. The monoisotopic (exact) mass is 462 g/mol. The second kappa shape index (κ2) is 9.63. The van der Waals surface area contributed by atoms with E-state index in [1.807, 2.05) is 34.7 Å². The molecule has 1 unspecified atom stereocenters. The summed E-state index contributed by atoms with van der Waals surface area (Å²) in [5.74, 6) is 0.856. The average Bonchev–Trinajstić information content (AvgIpc) is 3.41. The van der Waals surface area contributed by atoms with Gasteiger partial charge in [-0.3, -0.25) is 4.79 Å². The van der Waals surface area contributed by atoms with Crippen LogP contribution in [-0.4, -0.2) is 46.4 Å². The minimum atomic E-state index is -0.379. The van der Waals surface area contributed by atoms with Crippen LogP contribution < -0.4 is 5.32 Å². The predicted molar refractivity (Wildman–Crippen MR) is 124 cm³/mol. The van der Waals surface area contributed by atoms with Gasteiger partial charge in [0, 0.05) is 24.9 Å². The molecule has 0 aliphatic carbocycles. The van der Waals surface area contributed by atoms with Crippen LogP contribution in [0.4, 0.5) is 5.82 Å². The van der Waals surface area contributed by atoms with Crippen molar-refractivity contribution < 1.29 is 9.53 Å². The van der Waals surface area contributed by atoms with Crippen molar-refractivity contribution in [3.63, 3.8) is 0 Å². The van der Waals surface area contributed by atoms with E-state index in [2.05, 4.69) is 17.3 Å². The number of halogens is 2. The van der Waals surface area contributed by atoms with Crippen LogP contribution in [0.5, 0.6) is 0 Å². The van der Waals surface area contributed by atoms with Gasteiger partial charge in [-0.2, -0.15) is 5.10 Å². The molecule has 3 heterocycles. The normalized spacial score (nSPS) is 20.7. The van der Waals surface area contributed by atoms with Gasteiger partial charge in [-0.15, -0.1) is 0 Å². The van der Waals surface area contributed by atoms with E-state index in [1.165, 1.54) is 0 Å². The number of nitrogens with zero attached hydrogens (tertiary/aromatic N) is 3. The van der Waals surface area contributed by atoms with E-state index < -0.39 is 0 Å². The van der Waals surface area contributed by atoms with E-state index in [1.54, 1.807) is 12.3 Å². The summed E-state index contributed by atoms with van der Waals surface area (Å²) in [5.41, 5.74) is 2.38. The molecule has 2 aromatic rings. The average molecular weight is 463 g/mol. The lowest BCUT2D eigenvalue weighted by Crippen LogP contribution is -2.42. The minimum absolute atomic E-state index is 0.0174. The molecule has 1 aromatic carbocycles. The lowest BCUT2D eigenvalue weighted by atomic mass is 9.94. The first-order chi connectivity index (χ1) is 15.0. The summed E-state index contributed by atoms with van der Waals surface area (Å²) >= 11 is 12.5. The maximum atomic E-state index is 13.8. The third kappa shape index (κ3) is 4.47. The molecule has 1 fully saturated rings. The third-order valence-corrected chi connectivity index (χ3v) is 6.73. The Balaban J connectivity index is 1.65. The summed E-state index contributed by atoms with van der Waals surface area (Å²) in [7, 11) is 0. The molecule has 0 bridgehead atoms.